The Morgan fingerprint density at radius 1 is 1.00 bits per heavy atom. The van der Waals surface area contributed by atoms with E-state index in [0.717, 1.165) is 4.90 Å². The quantitative estimate of drug-likeness (QED) is 0.421. The first kappa shape index (κ1) is 20.3. The maximum atomic E-state index is 12.6. The number of carbonyl (C=O) groups excluding carboxylic acids is 3. The lowest BCUT2D eigenvalue weighted by Gasteiger charge is -2.25. The number of benzene rings is 1. The van der Waals surface area contributed by atoms with Crippen LogP contribution in [0.1, 0.15) is 38.1 Å². The van der Waals surface area contributed by atoms with Crippen LogP contribution in [0, 0.1) is 0 Å². The summed E-state index contributed by atoms with van der Waals surface area (Å²) in [6, 6.07) is 3.98. The monoisotopic (exact) mass is 381 g/mol. The molecular weight excluding hydrogens is 358 g/mol. The molecule has 27 heavy (non-hydrogen) atoms. The highest BCUT2D eigenvalue weighted by atomic mass is 16.8. The van der Waals surface area contributed by atoms with Crippen molar-refractivity contribution in [1.82, 2.24) is 4.90 Å². The van der Waals surface area contributed by atoms with Gasteiger partial charge in [-0.15, -0.1) is 0 Å². The van der Waals surface area contributed by atoms with Crippen LogP contribution in [0.5, 0.6) is 11.5 Å². The lowest BCUT2D eigenvalue weighted by atomic mass is 10.0. The number of ketones is 1. The predicted molar refractivity (Wildman–Crippen MR) is 92.8 cm³/mol. The van der Waals surface area contributed by atoms with E-state index in [1.807, 2.05) is 0 Å². The third-order valence-electron chi connectivity index (χ3n) is 3.77. The Bertz CT molecular complexity index is 717. The zero-order valence-electron chi connectivity index (χ0n) is 15.9. The molecule has 0 N–H and O–H groups in total. The molecule has 0 aromatic heterocycles. The fourth-order valence-corrected chi connectivity index (χ4v) is 2.23. The second-order valence-electron chi connectivity index (χ2n) is 6.21. The molecule has 2 unspecified atom stereocenters. The maximum Gasteiger partial charge on any atom is 0.511 e. The van der Waals surface area contributed by atoms with Gasteiger partial charge in [-0.1, -0.05) is 0 Å². The van der Waals surface area contributed by atoms with Crippen molar-refractivity contribution in [3.8, 4) is 11.5 Å². The van der Waals surface area contributed by atoms with Crippen molar-refractivity contribution < 1.29 is 38.1 Å². The molecule has 0 saturated carbocycles. The fourth-order valence-electron chi connectivity index (χ4n) is 2.23. The van der Waals surface area contributed by atoms with Crippen molar-refractivity contribution in [3.63, 3.8) is 0 Å². The third-order valence-corrected chi connectivity index (χ3v) is 3.77. The molecule has 148 valence electrons. The molecule has 9 nitrogen and oxygen atoms in total. The van der Waals surface area contributed by atoms with Gasteiger partial charge >= 0.3 is 12.2 Å². The van der Waals surface area contributed by atoms with Crippen LogP contribution in [-0.4, -0.2) is 55.2 Å². The van der Waals surface area contributed by atoms with Crippen LogP contribution in [0.15, 0.2) is 18.2 Å². The van der Waals surface area contributed by atoms with Gasteiger partial charge in [-0.05, 0) is 39.0 Å². The highest BCUT2D eigenvalue weighted by Gasteiger charge is 2.28. The molecule has 2 atom stereocenters. The van der Waals surface area contributed by atoms with E-state index in [2.05, 4.69) is 0 Å². The van der Waals surface area contributed by atoms with Gasteiger partial charge in [0.05, 0.1) is 12.1 Å². The van der Waals surface area contributed by atoms with Crippen LogP contribution in [0.4, 0.5) is 9.59 Å². The molecule has 1 heterocycles. The number of nitrogens with zero attached hydrogens (tertiary/aromatic N) is 1. The van der Waals surface area contributed by atoms with Crippen molar-refractivity contribution in [2.75, 3.05) is 13.8 Å². The minimum atomic E-state index is -1.17. The van der Waals surface area contributed by atoms with E-state index < -0.39 is 24.6 Å². The maximum absolute atomic E-state index is 12.6. The Hall–Kier alpha value is -2.97. The van der Waals surface area contributed by atoms with Gasteiger partial charge in [-0.25, -0.2) is 9.59 Å². The Labute approximate surface area is 157 Å². The lowest BCUT2D eigenvalue weighted by molar-refractivity contribution is -0.0874. The van der Waals surface area contributed by atoms with Gasteiger partial charge in [0.2, 0.25) is 13.1 Å². The smallest absolute Gasteiger partial charge is 0.454 e. The Balaban J connectivity index is 1.93. The largest absolute Gasteiger partial charge is 0.511 e. The Morgan fingerprint density at radius 2 is 1.67 bits per heavy atom. The van der Waals surface area contributed by atoms with E-state index in [-0.39, 0.29) is 18.7 Å². The number of Topliss-reactive ketones (excluding diaryl/α,β-unsaturated/α-hetero) is 1. The molecule has 1 aromatic rings. The lowest BCUT2D eigenvalue weighted by Crippen LogP contribution is -2.42. The van der Waals surface area contributed by atoms with E-state index >= 15 is 0 Å². The molecule has 1 aliphatic heterocycles. The van der Waals surface area contributed by atoms with Gasteiger partial charge in [0.1, 0.15) is 0 Å². The van der Waals surface area contributed by atoms with E-state index in [9.17, 15) is 14.4 Å². The molecular formula is C18H23NO8. The third kappa shape index (κ3) is 5.25. The zero-order chi connectivity index (χ0) is 20.1. The zero-order valence-corrected chi connectivity index (χ0v) is 15.9. The number of fused-ring (bicyclic) bond motifs is 1. The summed E-state index contributed by atoms with van der Waals surface area (Å²) in [5.41, 5.74) is 0.371. The van der Waals surface area contributed by atoms with Crippen molar-refractivity contribution in [2.24, 2.45) is 0 Å². The normalized spacial score (nSPS) is 14.3. The van der Waals surface area contributed by atoms with Crippen molar-refractivity contribution in [3.05, 3.63) is 23.8 Å². The van der Waals surface area contributed by atoms with Gasteiger partial charge in [0, 0.05) is 19.5 Å². The summed E-state index contributed by atoms with van der Waals surface area (Å²) in [4.78, 5) is 37.3. The van der Waals surface area contributed by atoms with E-state index in [0.29, 0.717) is 17.1 Å². The van der Waals surface area contributed by atoms with E-state index in [1.165, 1.54) is 14.0 Å². The minimum absolute atomic E-state index is 0.103. The SMILES string of the molecule is CC(C)OC(=O)OC(C)OC(=O)N(C)C(C)C(=O)c1ccc2c(c1)OCO2. The summed E-state index contributed by atoms with van der Waals surface area (Å²) in [6.07, 6.45) is -3.29. The molecule has 0 aliphatic carbocycles. The number of hydrogen-bond acceptors (Lipinski definition) is 8. The van der Waals surface area contributed by atoms with Crippen molar-refractivity contribution in [1.29, 1.82) is 0 Å². The van der Waals surface area contributed by atoms with Crippen molar-refractivity contribution in [2.45, 2.75) is 46.1 Å². The summed E-state index contributed by atoms with van der Waals surface area (Å²) in [6.45, 7) is 6.36. The first-order chi connectivity index (χ1) is 12.7. The van der Waals surface area contributed by atoms with Crippen LogP contribution in [0.3, 0.4) is 0 Å². The number of hydrogen-bond donors (Lipinski definition) is 0. The molecule has 0 fully saturated rings. The molecule has 1 aromatic carbocycles. The van der Waals surface area contributed by atoms with Gasteiger partial charge in [-0.2, -0.15) is 0 Å². The summed E-state index contributed by atoms with van der Waals surface area (Å²) in [7, 11) is 1.41. The van der Waals surface area contributed by atoms with Gasteiger partial charge < -0.3 is 28.6 Å². The predicted octanol–water partition coefficient (Wildman–Crippen LogP) is 2.96. The average Bonchev–Trinajstić information content (AvgIpc) is 3.06. The molecule has 0 radical (unpaired) electrons. The minimum Gasteiger partial charge on any atom is -0.454 e. The highest BCUT2D eigenvalue weighted by Crippen LogP contribution is 2.33. The summed E-state index contributed by atoms with van der Waals surface area (Å²) < 4.78 is 25.1. The molecule has 0 bridgehead atoms. The second kappa shape index (κ2) is 8.61. The number of carbonyl (C=O) groups is 3. The first-order valence-electron chi connectivity index (χ1n) is 8.43. The molecule has 0 spiro atoms. The Kier molecular flexibility index (Phi) is 6.49. The average molecular weight is 381 g/mol. The second-order valence-corrected chi connectivity index (χ2v) is 6.21. The summed E-state index contributed by atoms with van der Waals surface area (Å²) in [5.74, 6) is 0.732. The van der Waals surface area contributed by atoms with Gasteiger partial charge in [0.15, 0.2) is 17.3 Å². The molecule has 1 aliphatic rings. The highest BCUT2D eigenvalue weighted by molar-refractivity contribution is 6.01. The fraction of sp³-hybridized carbons (Fsp3) is 0.500. The number of rotatable bonds is 6. The van der Waals surface area contributed by atoms with Crippen LogP contribution in [0.2, 0.25) is 0 Å². The van der Waals surface area contributed by atoms with Gasteiger partial charge in [-0.3, -0.25) is 4.79 Å². The summed E-state index contributed by atoms with van der Waals surface area (Å²) in [5, 5.41) is 0. The standard InChI is InChI=1S/C18H23NO8/c1-10(2)25-18(22)27-12(4)26-17(21)19(5)11(3)16(20)13-6-7-14-15(8-13)24-9-23-14/h6-8,10-12H,9H2,1-5H3. The number of ether oxygens (including phenoxy) is 5. The van der Waals surface area contributed by atoms with E-state index in [1.54, 1.807) is 39.0 Å². The molecule has 0 saturated heterocycles. The van der Waals surface area contributed by atoms with Crippen LogP contribution in [-0.2, 0) is 14.2 Å². The Morgan fingerprint density at radius 3 is 2.33 bits per heavy atom. The van der Waals surface area contributed by atoms with Crippen LogP contribution >= 0.6 is 0 Å². The molecule has 1 amide bonds. The van der Waals surface area contributed by atoms with Gasteiger partial charge in [0.25, 0.3) is 0 Å². The van der Waals surface area contributed by atoms with Crippen molar-refractivity contribution >= 4 is 18.0 Å². The first-order valence-corrected chi connectivity index (χ1v) is 8.43. The number of amides is 1. The summed E-state index contributed by atoms with van der Waals surface area (Å²) >= 11 is 0. The van der Waals surface area contributed by atoms with E-state index in [4.69, 9.17) is 23.7 Å². The molecule has 2 rings (SSSR count). The van der Waals surface area contributed by atoms with Crippen LogP contribution < -0.4 is 9.47 Å². The molecule has 9 heteroatoms. The van der Waals surface area contributed by atoms with Crippen LogP contribution in [0.25, 0.3) is 0 Å². The number of likely N-dealkylation sites (N-methyl/N-ethyl adjacent to an activating group) is 1. The topological polar surface area (TPSA) is 101 Å².